The van der Waals surface area contributed by atoms with Crippen LogP contribution in [-0.4, -0.2) is 37.2 Å². The molecule has 0 saturated carbocycles. The van der Waals surface area contributed by atoms with Crippen molar-refractivity contribution >= 4 is 17.9 Å². The van der Waals surface area contributed by atoms with Gasteiger partial charge in [0.15, 0.2) is 6.10 Å². The first kappa shape index (κ1) is 80.4. The van der Waals surface area contributed by atoms with E-state index in [2.05, 4.69) is 69.4 Å². The highest BCUT2D eigenvalue weighted by atomic mass is 16.6. The Bertz CT molecular complexity index is 1430. The second-order valence-electron chi connectivity index (χ2n) is 25.2. The normalized spacial score (nSPS) is 12.3. The lowest BCUT2D eigenvalue weighted by molar-refractivity contribution is -0.167. The van der Waals surface area contributed by atoms with Crippen molar-refractivity contribution < 1.29 is 28.6 Å². The number of carbonyl (C=O) groups is 3. The van der Waals surface area contributed by atoms with Gasteiger partial charge < -0.3 is 14.2 Å². The van der Waals surface area contributed by atoms with Gasteiger partial charge in [-0.05, 0) is 83.5 Å². The van der Waals surface area contributed by atoms with Gasteiger partial charge in [-0.2, -0.15) is 0 Å². The predicted octanol–water partition coefficient (Wildman–Crippen LogP) is 25.7. The number of ether oxygens (including phenoxy) is 3. The van der Waals surface area contributed by atoms with Crippen molar-refractivity contribution in [3.8, 4) is 0 Å². The summed E-state index contributed by atoms with van der Waals surface area (Å²) in [6, 6.07) is 0. The predicted molar refractivity (Wildman–Crippen MR) is 362 cm³/mol. The quantitative estimate of drug-likeness (QED) is 0.0261. The SMILES string of the molecule is CCCCCCC/C=C\C/C=C\C/C=C\CCCCCCCCCCC(=O)OC(COC(=O)CCCCCCCCCCCCCCCCC)COC(=O)CCCCCCCCCCCCCCCCC/C=C\CCCCCCCCCC. The van der Waals surface area contributed by atoms with Gasteiger partial charge in [-0.3, -0.25) is 14.4 Å². The summed E-state index contributed by atoms with van der Waals surface area (Å²) < 4.78 is 17.0. The van der Waals surface area contributed by atoms with E-state index in [1.165, 1.54) is 289 Å². The molecule has 0 aliphatic heterocycles. The highest BCUT2D eigenvalue weighted by Crippen LogP contribution is 2.18. The van der Waals surface area contributed by atoms with Crippen molar-refractivity contribution in [2.45, 2.75) is 412 Å². The molecule has 6 heteroatoms. The van der Waals surface area contributed by atoms with Crippen LogP contribution in [0.1, 0.15) is 406 Å². The second-order valence-corrected chi connectivity index (χ2v) is 25.2. The van der Waals surface area contributed by atoms with Crippen LogP contribution in [0.2, 0.25) is 0 Å². The molecule has 0 aromatic heterocycles. The van der Waals surface area contributed by atoms with Gasteiger partial charge in [0.2, 0.25) is 0 Å². The van der Waals surface area contributed by atoms with Crippen LogP contribution in [0.3, 0.4) is 0 Å². The van der Waals surface area contributed by atoms with Gasteiger partial charge in [0, 0.05) is 19.3 Å². The number of rotatable bonds is 69. The van der Waals surface area contributed by atoms with Gasteiger partial charge in [0.25, 0.3) is 0 Å². The number of allylic oxidation sites excluding steroid dienone is 8. The average molecular weight is 1160 g/mol. The van der Waals surface area contributed by atoms with Crippen LogP contribution in [0.25, 0.3) is 0 Å². The molecule has 0 aliphatic rings. The maximum atomic E-state index is 13.0. The molecule has 0 fully saturated rings. The highest BCUT2D eigenvalue weighted by molar-refractivity contribution is 5.71. The monoisotopic (exact) mass is 1160 g/mol. The fourth-order valence-electron chi connectivity index (χ4n) is 11.2. The molecule has 0 aromatic rings. The lowest BCUT2D eigenvalue weighted by atomic mass is 10.0. The zero-order valence-electron chi connectivity index (χ0n) is 56.0. The molecule has 0 radical (unpaired) electrons. The van der Waals surface area contributed by atoms with Gasteiger partial charge in [-0.15, -0.1) is 0 Å². The molecule has 0 N–H and O–H groups in total. The summed E-state index contributed by atoms with van der Waals surface area (Å²) in [5, 5.41) is 0. The van der Waals surface area contributed by atoms with E-state index in [0.29, 0.717) is 19.3 Å². The third-order valence-electron chi connectivity index (χ3n) is 16.8. The summed E-state index contributed by atoms with van der Waals surface area (Å²) in [6.07, 6.45) is 91.4. The summed E-state index contributed by atoms with van der Waals surface area (Å²) in [6.45, 7) is 6.70. The van der Waals surface area contributed by atoms with Crippen LogP contribution in [-0.2, 0) is 28.6 Å². The largest absolute Gasteiger partial charge is 0.462 e. The minimum absolute atomic E-state index is 0.0710. The minimum atomic E-state index is -0.776. The van der Waals surface area contributed by atoms with Crippen molar-refractivity contribution in [3.05, 3.63) is 48.6 Å². The minimum Gasteiger partial charge on any atom is -0.462 e. The molecular formula is C77H142O6. The molecule has 0 amide bonds. The molecule has 0 bridgehead atoms. The first-order chi connectivity index (χ1) is 41.0. The van der Waals surface area contributed by atoms with Crippen LogP contribution in [0, 0.1) is 0 Å². The second kappa shape index (κ2) is 71.8. The molecule has 0 rings (SSSR count). The molecule has 0 heterocycles. The number of hydrogen-bond donors (Lipinski definition) is 0. The first-order valence-electron chi connectivity index (χ1n) is 37.1. The number of esters is 3. The number of hydrogen-bond acceptors (Lipinski definition) is 6. The molecule has 486 valence electrons. The molecule has 0 aromatic carbocycles. The van der Waals surface area contributed by atoms with Crippen LogP contribution >= 0.6 is 0 Å². The fourth-order valence-corrected chi connectivity index (χ4v) is 11.2. The molecule has 6 nitrogen and oxygen atoms in total. The topological polar surface area (TPSA) is 78.9 Å². The third-order valence-corrected chi connectivity index (χ3v) is 16.8. The Morgan fingerprint density at radius 3 is 0.687 bits per heavy atom. The van der Waals surface area contributed by atoms with Crippen LogP contribution < -0.4 is 0 Å². The van der Waals surface area contributed by atoms with E-state index in [0.717, 1.165) is 77.0 Å². The van der Waals surface area contributed by atoms with Gasteiger partial charge in [-0.1, -0.05) is 352 Å². The Morgan fingerprint density at radius 2 is 0.434 bits per heavy atom. The Balaban J connectivity index is 4.27. The molecule has 0 aliphatic carbocycles. The van der Waals surface area contributed by atoms with E-state index in [9.17, 15) is 14.4 Å². The summed E-state index contributed by atoms with van der Waals surface area (Å²) in [5.74, 6) is -0.848. The van der Waals surface area contributed by atoms with Crippen molar-refractivity contribution in [2.75, 3.05) is 13.2 Å². The summed E-state index contributed by atoms with van der Waals surface area (Å²) in [4.78, 5) is 38.5. The number of unbranched alkanes of at least 4 members (excludes halogenated alkanes) is 50. The maximum absolute atomic E-state index is 13.0. The van der Waals surface area contributed by atoms with Crippen LogP contribution in [0.15, 0.2) is 48.6 Å². The summed E-state index contributed by atoms with van der Waals surface area (Å²) >= 11 is 0. The molecular weight excluding hydrogens is 1020 g/mol. The summed E-state index contributed by atoms with van der Waals surface area (Å²) in [7, 11) is 0. The molecule has 1 unspecified atom stereocenters. The highest BCUT2D eigenvalue weighted by Gasteiger charge is 2.19. The Kier molecular flexibility index (Phi) is 69.6. The van der Waals surface area contributed by atoms with E-state index in [-0.39, 0.29) is 31.1 Å². The molecule has 0 spiro atoms. The Morgan fingerprint density at radius 1 is 0.241 bits per heavy atom. The maximum Gasteiger partial charge on any atom is 0.306 e. The molecule has 0 saturated heterocycles. The van der Waals surface area contributed by atoms with Gasteiger partial charge in [-0.25, -0.2) is 0 Å². The third kappa shape index (κ3) is 70.0. The summed E-state index contributed by atoms with van der Waals surface area (Å²) in [5.41, 5.74) is 0. The zero-order chi connectivity index (χ0) is 59.9. The average Bonchev–Trinajstić information content (AvgIpc) is 3.49. The Hall–Kier alpha value is -2.63. The van der Waals surface area contributed by atoms with Crippen molar-refractivity contribution in [1.29, 1.82) is 0 Å². The smallest absolute Gasteiger partial charge is 0.306 e. The van der Waals surface area contributed by atoms with Crippen LogP contribution in [0.5, 0.6) is 0 Å². The van der Waals surface area contributed by atoms with E-state index in [4.69, 9.17) is 14.2 Å². The number of carbonyl (C=O) groups excluding carboxylic acids is 3. The molecule has 1 atom stereocenters. The lowest BCUT2D eigenvalue weighted by Gasteiger charge is -2.18. The van der Waals surface area contributed by atoms with Gasteiger partial charge >= 0.3 is 17.9 Å². The standard InChI is InChI=1S/C77H142O6/c1-4-7-10-13-16-19-22-25-28-30-32-34-36-37-38-39-41-42-44-46-49-52-55-58-61-64-67-70-76(79)82-73-74(72-81-75(78)69-66-63-60-57-54-51-48-27-24-21-18-15-12-9-6-3)83-77(80)71-68-65-62-59-56-53-50-47-45-43-40-35-33-31-29-26-23-20-17-14-11-8-5-2/h23,26,30-33,40,43,74H,4-22,24-25,27-29,34-39,41-42,44-73H2,1-3H3/b26-23-,32-30-,33-31-,43-40-. The van der Waals surface area contributed by atoms with E-state index in [1.54, 1.807) is 0 Å². The van der Waals surface area contributed by atoms with Crippen molar-refractivity contribution in [3.63, 3.8) is 0 Å². The van der Waals surface area contributed by atoms with E-state index < -0.39 is 6.10 Å². The van der Waals surface area contributed by atoms with E-state index in [1.807, 2.05) is 0 Å². The lowest BCUT2D eigenvalue weighted by Crippen LogP contribution is -2.30. The van der Waals surface area contributed by atoms with Crippen molar-refractivity contribution in [1.82, 2.24) is 0 Å². The van der Waals surface area contributed by atoms with E-state index >= 15 is 0 Å². The van der Waals surface area contributed by atoms with Gasteiger partial charge in [0.1, 0.15) is 13.2 Å². The first-order valence-corrected chi connectivity index (χ1v) is 37.1. The zero-order valence-corrected chi connectivity index (χ0v) is 56.0. The van der Waals surface area contributed by atoms with Crippen LogP contribution in [0.4, 0.5) is 0 Å². The fraction of sp³-hybridized carbons (Fsp3) is 0.857. The van der Waals surface area contributed by atoms with Gasteiger partial charge in [0.05, 0.1) is 0 Å². The Labute approximate surface area is 518 Å². The molecule has 83 heavy (non-hydrogen) atoms. The van der Waals surface area contributed by atoms with Crippen molar-refractivity contribution in [2.24, 2.45) is 0 Å².